The van der Waals surface area contributed by atoms with Crippen LogP contribution in [0.1, 0.15) is 44.1 Å². The number of benzene rings is 1. The lowest BCUT2D eigenvalue weighted by Gasteiger charge is -2.51. The number of nitrogens with one attached hydrogen (secondary N) is 1. The number of hydrogen-bond acceptors (Lipinski definition) is 3. The predicted molar refractivity (Wildman–Crippen MR) is 84.3 cm³/mol. The molecule has 2 N–H and O–H groups in total. The maximum atomic E-state index is 11.8. The summed E-state index contributed by atoms with van der Waals surface area (Å²) in [5, 5.41) is 13.4. The maximum absolute atomic E-state index is 11.8. The average Bonchev–Trinajstić information content (AvgIpc) is 2.51. The quantitative estimate of drug-likeness (QED) is 0.897. The van der Waals surface area contributed by atoms with Crippen LogP contribution in [0.2, 0.25) is 0 Å². The van der Waals surface area contributed by atoms with E-state index in [1.807, 2.05) is 30.3 Å². The minimum absolute atomic E-state index is 0.151. The molecule has 1 amide bonds. The Kier molecular flexibility index (Phi) is 4.67. The summed E-state index contributed by atoms with van der Waals surface area (Å²) in [6, 6.07) is 9.64. The van der Waals surface area contributed by atoms with Crippen molar-refractivity contribution >= 4 is 6.09 Å². The number of amides is 1. The molecule has 2 fully saturated rings. The van der Waals surface area contributed by atoms with Gasteiger partial charge in [-0.25, -0.2) is 4.79 Å². The third-order valence-electron chi connectivity index (χ3n) is 5.39. The molecule has 22 heavy (non-hydrogen) atoms. The number of carbonyl (C=O) groups excluding carboxylic acids is 1. The molecule has 2 aliphatic rings. The van der Waals surface area contributed by atoms with Gasteiger partial charge in [0, 0.05) is 12.5 Å². The summed E-state index contributed by atoms with van der Waals surface area (Å²) in [4.78, 5) is 11.8. The molecular formula is C18H25NO3. The number of alkyl carbamates (subject to hydrolysis) is 1. The first kappa shape index (κ1) is 15.3. The highest BCUT2D eigenvalue weighted by molar-refractivity contribution is 5.67. The zero-order valence-electron chi connectivity index (χ0n) is 13.0. The van der Waals surface area contributed by atoms with Gasteiger partial charge in [-0.05, 0) is 36.7 Å². The van der Waals surface area contributed by atoms with E-state index in [-0.39, 0.29) is 24.0 Å². The molecule has 4 heteroatoms. The van der Waals surface area contributed by atoms with Crippen molar-refractivity contribution in [2.24, 2.45) is 11.3 Å². The molecule has 0 radical (unpaired) electrons. The second kappa shape index (κ2) is 6.69. The van der Waals surface area contributed by atoms with E-state index in [1.54, 1.807) is 0 Å². The van der Waals surface area contributed by atoms with Crippen LogP contribution in [0.25, 0.3) is 0 Å². The van der Waals surface area contributed by atoms with Gasteiger partial charge < -0.3 is 15.2 Å². The van der Waals surface area contributed by atoms with Crippen LogP contribution in [0.15, 0.2) is 30.3 Å². The minimum Gasteiger partial charge on any atom is -0.445 e. The summed E-state index contributed by atoms with van der Waals surface area (Å²) in [5.41, 5.74) is 1.13. The van der Waals surface area contributed by atoms with Gasteiger partial charge in [0.1, 0.15) is 6.61 Å². The fourth-order valence-corrected chi connectivity index (χ4v) is 3.90. The van der Waals surface area contributed by atoms with Crippen molar-refractivity contribution in [3.8, 4) is 0 Å². The van der Waals surface area contributed by atoms with Crippen molar-refractivity contribution in [1.82, 2.24) is 5.32 Å². The Bertz CT molecular complexity index is 498. The topological polar surface area (TPSA) is 58.6 Å². The summed E-state index contributed by atoms with van der Waals surface area (Å²) in [7, 11) is 0. The summed E-state index contributed by atoms with van der Waals surface area (Å²) >= 11 is 0. The van der Waals surface area contributed by atoms with E-state index in [4.69, 9.17) is 4.74 Å². The Morgan fingerprint density at radius 3 is 2.64 bits per heavy atom. The Morgan fingerprint density at radius 1 is 1.23 bits per heavy atom. The van der Waals surface area contributed by atoms with Crippen molar-refractivity contribution in [1.29, 1.82) is 0 Å². The van der Waals surface area contributed by atoms with E-state index in [2.05, 4.69) is 5.32 Å². The van der Waals surface area contributed by atoms with Crippen molar-refractivity contribution in [2.75, 3.05) is 6.54 Å². The van der Waals surface area contributed by atoms with Gasteiger partial charge in [-0.15, -0.1) is 0 Å². The summed E-state index contributed by atoms with van der Waals surface area (Å²) in [5.74, 6) is 0.165. The molecule has 2 unspecified atom stereocenters. The molecule has 0 aromatic heterocycles. The molecule has 0 saturated heterocycles. The fraction of sp³-hybridized carbons (Fsp3) is 0.611. The second-order valence-electron chi connectivity index (χ2n) is 6.76. The Morgan fingerprint density at radius 2 is 1.95 bits per heavy atom. The molecule has 120 valence electrons. The molecule has 0 aliphatic heterocycles. The molecular weight excluding hydrogens is 278 g/mol. The van der Waals surface area contributed by atoms with Crippen LogP contribution < -0.4 is 5.32 Å². The van der Waals surface area contributed by atoms with Crippen LogP contribution in [0, 0.1) is 11.3 Å². The zero-order valence-corrected chi connectivity index (χ0v) is 13.0. The lowest BCUT2D eigenvalue weighted by molar-refractivity contribution is -0.0971. The first-order valence-corrected chi connectivity index (χ1v) is 8.32. The van der Waals surface area contributed by atoms with Gasteiger partial charge in [-0.2, -0.15) is 0 Å². The summed E-state index contributed by atoms with van der Waals surface area (Å²) in [6.45, 7) is 0.792. The van der Waals surface area contributed by atoms with Gasteiger partial charge >= 0.3 is 6.09 Å². The van der Waals surface area contributed by atoms with Gasteiger partial charge in [0.15, 0.2) is 0 Å². The SMILES string of the molecule is O=C(NCC1CCCC2(CCC2)C1O)OCc1ccccc1. The van der Waals surface area contributed by atoms with E-state index < -0.39 is 6.09 Å². The molecule has 2 atom stereocenters. The number of rotatable bonds is 4. The number of carbonyl (C=O) groups is 1. The monoisotopic (exact) mass is 303 g/mol. The number of aliphatic hydroxyl groups is 1. The third kappa shape index (κ3) is 3.27. The van der Waals surface area contributed by atoms with Crippen LogP contribution in [0.5, 0.6) is 0 Å². The van der Waals surface area contributed by atoms with Gasteiger partial charge in [0.05, 0.1) is 6.10 Å². The van der Waals surface area contributed by atoms with E-state index in [1.165, 1.54) is 6.42 Å². The maximum Gasteiger partial charge on any atom is 0.407 e. The molecule has 1 spiro atoms. The Balaban J connectivity index is 1.42. The molecule has 0 heterocycles. The van der Waals surface area contributed by atoms with Gasteiger partial charge in [-0.3, -0.25) is 0 Å². The number of hydrogen-bond donors (Lipinski definition) is 2. The normalized spacial score (nSPS) is 26.2. The predicted octanol–water partition coefficient (Wildman–Crippen LogP) is 3.24. The molecule has 2 saturated carbocycles. The van der Waals surface area contributed by atoms with Crippen LogP contribution in [0.3, 0.4) is 0 Å². The van der Waals surface area contributed by atoms with Crippen molar-refractivity contribution in [3.63, 3.8) is 0 Å². The second-order valence-corrected chi connectivity index (χ2v) is 6.76. The standard InChI is InChI=1S/C18H25NO3/c20-16-15(8-4-9-18(16)10-5-11-18)12-19-17(21)22-13-14-6-2-1-3-7-14/h1-3,6-7,15-16,20H,4-5,8-13H2,(H,19,21). The highest BCUT2D eigenvalue weighted by Gasteiger charge is 2.48. The Hall–Kier alpha value is -1.55. The lowest BCUT2D eigenvalue weighted by Crippen LogP contribution is -2.51. The minimum atomic E-state index is -0.399. The highest BCUT2D eigenvalue weighted by Crippen LogP contribution is 2.53. The average molecular weight is 303 g/mol. The van der Waals surface area contributed by atoms with Crippen molar-refractivity contribution < 1.29 is 14.6 Å². The van der Waals surface area contributed by atoms with E-state index in [0.29, 0.717) is 6.54 Å². The van der Waals surface area contributed by atoms with E-state index in [0.717, 1.165) is 37.7 Å². The first-order chi connectivity index (χ1) is 10.7. The molecule has 1 aromatic rings. The van der Waals surface area contributed by atoms with E-state index >= 15 is 0 Å². The molecule has 1 aromatic carbocycles. The lowest BCUT2D eigenvalue weighted by atomic mass is 9.56. The van der Waals surface area contributed by atoms with Crippen LogP contribution in [-0.2, 0) is 11.3 Å². The van der Waals surface area contributed by atoms with Gasteiger partial charge in [0.25, 0.3) is 0 Å². The molecule has 2 aliphatic carbocycles. The largest absolute Gasteiger partial charge is 0.445 e. The van der Waals surface area contributed by atoms with Crippen LogP contribution in [-0.4, -0.2) is 23.8 Å². The van der Waals surface area contributed by atoms with Crippen molar-refractivity contribution in [3.05, 3.63) is 35.9 Å². The van der Waals surface area contributed by atoms with Crippen molar-refractivity contribution in [2.45, 2.75) is 51.2 Å². The first-order valence-electron chi connectivity index (χ1n) is 8.32. The van der Waals surface area contributed by atoms with Gasteiger partial charge in [0.2, 0.25) is 0 Å². The fourth-order valence-electron chi connectivity index (χ4n) is 3.90. The highest BCUT2D eigenvalue weighted by atomic mass is 16.5. The smallest absolute Gasteiger partial charge is 0.407 e. The molecule has 0 bridgehead atoms. The van der Waals surface area contributed by atoms with Crippen LogP contribution in [0.4, 0.5) is 4.79 Å². The molecule has 4 nitrogen and oxygen atoms in total. The summed E-state index contributed by atoms with van der Waals surface area (Å²) < 4.78 is 5.21. The van der Waals surface area contributed by atoms with E-state index in [9.17, 15) is 9.90 Å². The van der Waals surface area contributed by atoms with Gasteiger partial charge in [-0.1, -0.05) is 43.2 Å². The zero-order chi connectivity index (χ0) is 15.4. The number of aliphatic hydroxyl groups excluding tert-OH is 1. The third-order valence-corrected chi connectivity index (χ3v) is 5.39. The molecule has 3 rings (SSSR count). The summed E-state index contributed by atoms with van der Waals surface area (Å²) in [6.07, 6.45) is 6.13. The Labute approximate surface area is 131 Å². The number of ether oxygens (including phenoxy) is 1. The van der Waals surface area contributed by atoms with Crippen LogP contribution >= 0.6 is 0 Å².